The largest absolute Gasteiger partial charge is 0.454 e. The quantitative estimate of drug-likeness (QED) is 0.298. The van der Waals surface area contributed by atoms with Crippen molar-refractivity contribution in [1.29, 1.82) is 0 Å². The normalized spacial score (nSPS) is 12.3. The molecule has 0 atom stereocenters. The second-order valence-electron chi connectivity index (χ2n) is 7.61. The summed E-state index contributed by atoms with van der Waals surface area (Å²) in [6.45, 7) is 6.17. The number of carbonyl (C=O) groups excluding carboxylic acids is 1. The molecule has 1 aliphatic heterocycles. The molecule has 7 nitrogen and oxygen atoms in total. The Labute approximate surface area is 189 Å². The Morgan fingerprint density at radius 1 is 1.00 bits per heavy atom. The van der Waals surface area contributed by atoms with Gasteiger partial charge in [0.15, 0.2) is 17.3 Å². The summed E-state index contributed by atoms with van der Waals surface area (Å²) < 4.78 is 18.7. The van der Waals surface area contributed by atoms with Crippen LogP contribution in [0.25, 0.3) is 17.1 Å². The number of aryl methyl sites for hydroxylation is 2. The minimum absolute atomic E-state index is 0.00480. The number of thioether (sulfide) groups is 1. The second kappa shape index (κ2) is 8.20. The Morgan fingerprint density at radius 3 is 2.59 bits per heavy atom. The Morgan fingerprint density at radius 2 is 1.78 bits per heavy atom. The van der Waals surface area contributed by atoms with Crippen molar-refractivity contribution in [3.63, 3.8) is 0 Å². The maximum absolute atomic E-state index is 13.0. The zero-order valence-corrected chi connectivity index (χ0v) is 18.7. The summed E-state index contributed by atoms with van der Waals surface area (Å²) in [5.74, 6) is 2.10. The van der Waals surface area contributed by atoms with Gasteiger partial charge in [0.25, 0.3) is 5.22 Å². The molecule has 0 bridgehead atoms. The highest BCUT2D eigenvalue weighted by molar-refractivity contribution is 7.99. The van der Waals surface area contributed by atoms with Gasteiger partial charge in [-0.1, -0.05) is 29.5 Å². The summed E-state index contributed by atoms with van der Waals surface area (Å²) in [7, 11) is 0. The van der Waals surface area contributed by atoms with E-state index in [1.165, 1.54) is 11.8 Å². The third-order valence-corrected chi connectivity index (χ3v) is 6.20. The third kappa shape index (κ3) is 3.78. The average molecular weight is 448 g/mol. The molecule has 4 aromatic rings. The van der Waals surface area contributed by atoms with E-state index in [0.29, 0.717) is 22.4 Å². The SMILES string of the molecule is Cc1ccc(-c2nnc(SCC(=O)c3cc(C)n(-c4ccc5c(c4)OCO5)c3C)o2)cc1. The fourth-order valence-electron chi connectivity index (χ4n) is 3.75. The molecule has 0 saturated heterocycles. The Hall–Kier alpha value is -3.52. The highest BCUT2D eigenvalue weighted by Gasteiger charge is 2.20. The monoisotopic (exact) mass is 447 g/mol. The Bertz CT molecular complexity index is 1310. The zero-order valence-electron chi connectivity index (χ0n) is 17.9. The molecule has 0 amide bonds. The number of nitrogens with zero attached hydrogens (tertiary/aromatic N) is 3. The minimum atomic E-state index is 0.00480. The van der Waals surface area contributed by atoms with Gasteiger partial charge in [-0.2, -0.15) is 0 Å². The number of ether oxygens (including phenoxy) is 2. The lowest BCUT2D eigenvalue weighted by molar-refractivity contribution is 0.102. The van der Waals surface area contributed by atoms with Crippen molar-refractivity contribution in [1.82, 2.24) is 14.8 Å². The number of hydrogen-bond acceptors (Lipinski definition) is 7. The number of hydrogen-bond donors (Lipinski definition) is 0. The van der Waals surface area contributed by atoms with E-state index in [1.54, 1.807) is 0 Å². The molecule has 3 heterocycles. The summed E-state index contributed by atoms with van der Waals surface area (Å²) in [6, 6.07) is 15.5. The molecule has 2 aromatic heterocycles. The lowest BCUT2D eigenvalue weighted by atomic mass is 10.1. The van der Waals surface area contributed by atoms with E-state index in [9.17, 15) is 4.79 Å². The van der Waals surface area contributed by atoms with Crippen molar-refractivity contribution in [2.45, 2.75) is 26.0 Å². The van der Waals surface area contributed by atoms with Crippen molar-refractivity contribution < 1.29 is 18.7 Å². The van der Waals surface area contributed by atoms with Gasteiger partial charge in [0.2, 0.25) is 12.7 Å². The van der Waals surface area contributed by atoms with Crippen molar-refractivity contribution in [2.75, 3.05) is 12.5 Å². The van der Waals surface area contributed by atoms with Gasteiger partial charge in [0.05, 0.1) is 5.75 Å². The van der Waals surface area contributed by atoms with Crippen molar-refractivity contribution in [3.05, 3.63) is 71.0 Å². The van der Waals surface area contributed by atoms with Crippen molar-refractivity contribution in [2.24, 2.45) is 0 Å². The van der Waals surface area contributed by atoms with Crippen LogP contribution >= 0.6 is 11.8 Å². The van der Waals surface area contributed by atoms with Crippen LogP contribution in [0.15, 0.2) is 58.2 Å². The number of Topliss-reactive ketones (excluding diaryl/α,β-unsaturated/α-hetero) is 1. The molecule has 0 fully saturated rings. The number of benzene rings is 2. The first-order valence-electron chi connectivity index (χ1n) is 10.1. The van der Waals surface area contributed by atoms with E-state index in [4.69, 9.17) is 13.9 Å². The van der Waals surface area contributed by atoms with Gasteiger partial charge in [-0.25, -0.2) is 0 Å². The van der Waals surface area contributed by atoms with Crippen LogP contribution in [-0.2, 0) is 0 Å². The highest BCUT2D eigenvalue weighted by Crippen LogP contribution is 2.35. The van der Waals surface area contributed by atoms with E-state index in [1.807, 2.05) is 73.9 Å². The number of ketones is 1. The third-order valence-electron chi connectivity index (χ3n) is 5.38. The molecule has 2 aromatic carbocycles. The molecular weight excluding hydrogens is 426 g/mol. The van der Waals surface area contributed by atoms with Gasteiger partial charge in [-0.05, 0) is 51.1 Å². The molecular formula is C24H21N3O4S. The molecule has 5 rings (SSSR count). The first-order valence-corrected chi connectivity index (χ1v) is 11.1. The predicted molar refractivity (Wildman–Crippen MR) is 121 cm³/mol. The zero-order chi connectivity index (χ0) is 22.2. The summed E-state index contributed by atoms with van der Waals surface area (Å²) in [6.07, 6.45) is 0. The topological polar surface area (TPSA) is 79.4 Å². The smallest absolute Gasteiger partial charge is 0.277 e. The molecule has 1 aliphatic rings. The highest BCUT2D eigenvalue weighted by atomic mass is 32.2. The number of rotatable bonds is 6. The van der Waals surface area contributed by atoms with E-state index in [-0.39, 0.29) is 18.3 Å². The van der Waals surface area contributed by atoms with E-state index in [2.05, 4.69) is 10.2 Å². The predicted octanol–water partition coefficient (Wildman–Crippen LogP) is 5.16. The number of fused-ring (bicyclic) bond motifs is 1. The summed E-state index contributed by atoms with van der Waals surface area (Å²) in [5, 5.41) is 8.54. The molecule has 0 spiro atoms. The fraction of sp³-hybridized carbons (Fsp3) is 0.208. The first kappa shape index (κ1) is 20.4. The van der Waals surface area contributed by atoms with Crippen LogP contribution in [0.5, 0.6) is 11.5 Å². The van der Waals surface area contributed by atoms with Crippen LogP contribution in [0.4, 0.5) is 0 Å². The lowest BCUT2D eigenvalue weighted by Gasteiger charge is -2.10. The number of carbonyl (C=O) groups is 1. The van der Waals surface area contributed by atoms with E-state index in [0.717, 1.165) is 34.0 Å². The van der Waals surface area contributed by atoms with E-state index < -0.39 is 0 Å². The van der Waals surface area contributed by atoms with Gasteiger partial charge in [0.1, 0.15) is 0 Å². The average Bonchev–Trinajstić information content (AvgIpc) is 3.51. The number of aromatic nitrogens is 3. The molecule has 0 aliphatic carbocycles. The minimum Gasteiger partial charge on any atom is -0.454 e. The van der Waals surface area contributed by atoms with Gasteiger partial charge in [0, 0.05) is 34.3 Å². The van der Waals surface area contributed by atoms with Crippen LogP contribution in [0.3, 0.4) is 0 Å². The Balaban J connectivity index is 1.31. The molecule has 0 radical (unpaired) electrons. The molecule has 0 saturated carbocycles. The maximum atomic E-state index is 13.0. The van der Waals surface area contributed by atoms with Gasteiger partial charge in [-0.3, -0.25) is 4.79 Å². The fourth-order valence-corrected chi connectivity index (χ4v) is 4.40. The summed E-state index contributed by atoms with van der Waals surface area (Å²) in [5.41, 5.74) is 5.45. The van der Waals surface area contributed by atoms with Crippen LogP contribution < -0.4 is 9.47 Å². The molecule has 32 heavy (non-hydrogen) atoms. The van der Waals surface area contributed by atoms with Crippen molar-refractivity contribution >= 4 is 17.5 Å². The molecule has 0 N–H and O–H groups in total. The van der Waals surface area contributed by atoms with Crippen LogP contribution in [0, 0.1) is 20.8 Å². The summed E-state index contributed by atoms with van der Waals surface area (Å²) in [4.78, 5) is 13.0. The summed E-state index contributed by atoms with van der Waals surface area (Å²) >= 11 is 1.24. The molecule has 162 valence electrons. The second-order valence-corrected chi connectivity index (χ2v) is 8.54. The Kier molecular flexibility index (Phi) is 5.22. The van der Waals surface area contributed by atoms with E-state index >= 15 is 0 Å². The maximum Gasteiger partial charge on any atom is 0.277 e. The van der Waals surface area contributed by atoms with Crippen LogP contribution in [0.2, 0.25) is 0 Å². The van der Waals surface area contributed by atoms with Gasteiger partial charge in [-0.15, -0.1) is 10.2 Å². The molecule has 0 unspecified atom stereocenters. The first-order chi connectivity index (χ1) is 15.5. The van der Waals surface area contributed by atoms with Crippen molar-refractivity contribution in [3.8, 4) is 28.6 Å². The standard InChI is InChI=1S/C24H21N3O4S/c1-14-4-6-17(7-5-14)23-25-26-24(31-23)32-12-20(28)19-10-15(2)27(16(19)3)18-8-9-21-22(11-18)30-13-29-21/h4-11H,12-13H2,1-3H3. The van der Waals surface area contributed by atoms with Gasteiger partial charge >= 0.3 is 0 Å². The van der Waals surface area contributed by atoms with Crippen LogP contribution in [0.1, 0.15) is 27.3 Å². The lowest BCUT2D eigenvalue weighted by Crippen LogP contribution is -2.05. The van der Waals surface area contributed by atoms with Crippen LogP contribution in [-0.4, -0.2) is 33.1 Å². The van der Waals surface area contributed by atoms with Gasteiger partial charge < -0.3 is 18.5 Å². The molecule has 8 heteroatoms.